The molecule has 142 valence electrons. The lowest BCUT2D eigenvalue weighted by Crippen LogP contribution is -2.40. The number of pyridine rings is 1. The molecule has 3 heterocycles. The van der Waals surface area contributed by atoms with E-state index in [0.717, 1.165) is 28.6 Å². The van der Waals surface area contributed by atoms with Crippen molar-refractivity contribution in [1.29, 1.82) is 0 Å². The zero-order valence-electron chi connectivity index (χ0n) is 15.6. The van der Waals surface area contributed by atoms with Crippen LogP contribution in [0, 0.1) is 0 Å². The summed E-state index contributed by atoms with van der Waals surface area (Å²) in [4.78, 5) is 42.7. The number of anilines is 1. The van der Waals surface area contributed by atoms with Gasteiger partial charge in [-0.15, -0.1) is 0 Å². The van der Waals surface area contributed by atoms with E-state index in [2.05, 4.69) is 15.5 Å². The molecule has 1 N–H and O–H groups in total. The van der Waals surface area contributed by atoms with Gasteiger partial charge in [-0.3, -0.25) is 19.4 Å². The van der Waals surface area contributed by atoms with Crippen LogP contribution in [0.4, 0.5) is 10.5 Å². The number of thioether (sulfide) groups is 1. The Balaban J connectivity index is 1.78. The SMILES string of the molecule is CC1SC(=O)NN=C1c1ccc2c(c1)C(C)(C)C(=O)N2C(=O)c1cccnc1. The molecule has 0 spiro atoms. The Morgan fingerprint density at radius 3 is 2.71 bits per heavy atom. The van der Waals surface area contributed by atoms with Gasteiger partial charge in [-0.25, -0.2) is 10.3 Å². The Kier molecular flexibility index (Phi) is 4.30. The highest BCUT2D eigenvalue weighted by atomic mass is 32.2. The van der Waals surface area contributed by atoms with E-state index in [4.69, 9.17) is 0 Å². The molecule has 0 saturated heterocycles. The van der Waals surface area contributed by atoms with Crippen molar-refractivity contribution < 1.29 is 14.4 Å². The van der Waals surface area contributed by atoms with Gasteiger partial charge in [-0.1, -0.05) is 17.8 Å². The van der Waals surface area contributed by atoms with Crippen molar-refractivity contribution in [2.75, 3.05) is 4.90 Å². The predicted molar refractivity (Wildman–Crippen MR) is 108 cm³/mol. The van der Waals surface area contributed by atoms with E-state index in [1.165, 1.54) is 11.1 Å². The fraction of sp³-hybridized carbons (Fsp3) is 0.250. The van der Waals surface area contributed by atoms with E-state index < -0.39 is 11.3 Å². The first kappa shape index (κ1) is 18.4. The summed E-state index contributed by atoms with van der Waals surface area (Å²) in [6, 6.07) is 8.78. The third kappa shape index (κ3) is 2.80. The van der Waals surface area contributed by atoms with Crippen LogP contribution in [0.15, 0.2) is 47.8 Å². The van der Waals surface area contributed by atoms with Gasteiger partial charge in [0.2, 0.25) is 5.91 Å². The molecule has 0 radical (unpaired) electrons. The van der Waals surface area contributed by atoms with Crippen LogP contribution in [0.2, 0.25) is 0 Å². The number of benzene rings is 1. The van der Waals surface area contributed by atoms with Gasteiger partial charge in [0.25, 0.3) is 11.1 Å². The highest BCUT2D eigenvalue weighted by Crippen LogP contribution is 2.43. The fourth-order valence-electron chi connectivity index (χ4n) is 3.45. The summed E-state index contributed by atoms with van der Waals surface area (Å²) in [5.41, 5.74) is 4.83. The van der Waals surface area contributed by atoms with Crippen LogP contribution in [0.3, 0.4) is 0 Å². The Bertz CT molecular complexity index is 1030. The molecule has 0 fully saturated rings. The number of nitrogens with one attached hydrogen (secondary N) is 1. The van der Waals surface area contributed by atoms with Gasteiger partial charge in [0.05, 0.1) is 27.6 Å². The summed E-state index contributed by atoms with van der Waals surface area (Å²) in [7, 11) is 0. The average molecular weight is 394 g/mol. The van der Waals surface area contributed by atoms with E-state index in [1.54, 1.807) is 38.2 Å². The third-order valence-electron chi connectivity index (χ3n) is 4.99. The van der Waals surface area contributed by atoms with E-state index in [9.17, 15) is 14.4 Å². The maximum Gasteiger partial charge on any atom is 0.299 e. The van der Waals surface area contributed by atoms with E-state index in [-0.39, 0.29) is 16.4 Å². The largest absolute Gasteiger partial charge is 0.299 e. The molecule has 28 heavy (non-hydrogen) atoms. The van der Waals surface area contributed by atoms with Gasteiger partial charge >= 0.3 is 0 Å². The van der Waals surface area contributed by atoms with Crippen molar-refractivity contribution in [2.45, 2.75) is 31.4 Å². The van der Waals surface area contributed by atoms with Crippen molar-refractivity contribution in [2.24, 2.45) is 5.10 Å². The third-order valence-corrected chi connectivity index (χ3v) is 5.87. The van der Waals surface area contributed by atoms with Crippen molar-refractivity contribution in [3.8, 4) is 0 Å². The smallest absolute Gasteiger partial charge is 0.273 e. The van der Waals surface area contributed by atoms with Crippen LogP contribution in [0.1, 0.15) is 42.3 Å². The van der Waals surface area contributed by atoms with Crippen LogP contribution in [-0.2, 0) is 10.2 Å². The molecule has 0 bridgehead atoms. The quantitative estimate of drug-likeness (QED) is 0.791. The number of fused-ring (bicyclic) bond motifs is 1. The first-order chi connectivity index (χ1) is 13.3. The number of imide groups is 1. The molecule has 7 nitrogen and oxygen atoms in total. The van der Waals surface area contributed by atoms with Crippen LogP contribution < -0.4 is 10.3 Å². The molecular formula is C20H18N4O3S. The normalized spacial score (nSPS) is 20.5. The van der Waals surface area contributed by atoms with E-state index in [1.807, 2.05) is 19.1 Å². The number of carbonyl (C=O) groups is 3. The summed E-state index contributed by atoms with van der Waals surface area (Å²) in [6.07, 6.45) is 3.03. The molecule has 0 aliphatic carbocycles. The van der Waals surface area contributed by atoms with E-state index in [0.29, 0.717) is 11.3 Å². The zero-order chi connectivity index (χ0) is 20.1. The lowest BCUT2D eigenvalue weighted by molar-refractivity contribution is -0.121. The number of rotatable bonds is 2. The van der Waals surface area contributed by atoms with E-state index >= 15 is 0 Å². The number of hydrazone groups is 1. The molecule has 1 aromatic heterocycles. The second kappa shape index (κ2) is 6.56. The predicted octanol–water partition coefficient (Wildman–Crippen LogP) is 3.10. The number of hydrogen-bond acceptors (Lipinski definition) is 6. The monoisotopic (exact) mass is 394 g/mol. The minimum Gasteiger partial charge on any atom is -0.273 e. The van der Waals surface area contributed by atoms with Crippen LogP contribution in [-0.4, -0.2) is 33.0 Å². The maximum absolute atomic E-state index is 13.1. The van der Waals surface area contributed by atoms with Crippen molar-refractivity contribution >= 4 is 40.2 Å². The zero-order valence-corrected chi connectivity index (χ0v) is 16.4. The fourth-order valence-corrected chi connectivity index (χ4v) is 4.17. The highest BCUT2D eigenvalue weighted by molar-refractivity contribution is 8.14. The van der Waals surface area contributed by atoms with Crippen LogP contribution >= 0.6 is 11.8 Å². The molecule has 8 heteroatoms. The number of hydrogen-bond donors (Lipinski definition) is 1. The first-order valence-corrected chi connectivity index (χ1v) is 9.66. The lowest BCUT2D eigenvalue weighted by atomic mass is 9.85. The molecule has 1 atom stereocenters. The highest BCUT2D eigenvalue weighted by Gasteiger charge is 2.47. The maximum atomic E-state index is 13.1. The van der Waals surface area contributed by atoms with Crippen LogP contribution in [0.25, 0.3) is 0 Å². The van der Waals surface area contributed by atoms with Gasteiger partial charge in [-0.2, -0.15) is 5.10 Å². The first-order valence-electron chi connectivity index (χ1n) is 8.78. The topological polar surface area (TPSA) is 91.7 Å². The second-order valence-corrected chi connectivity index (χ2v) is 8.51. The minimum absolute atomic E-state index is 0.111. The lowest BCUT2D eigenvalue weighted by Gasteiger charge is -2.20. The van der Waals surface area contributed by atoms with Crippen molar-refractivity contribution in [3.63, 3.8) is 0 Å². The van der Waals surface area contributed by atoms with Gasteiger partial charge < -0.3 is 0 Å². The summed E-state index contributed by atoms with van der Waals surface area (Å²) in [5.74, 6) is -0.682. The number of carbonyl (C=O) groups excluding carboxylic acids is 3. The van der Waals surface area contributed by atoms with Crippen molar-refractivity contribution in [1.82, 2.24) is 10.4 Å². The molecule has 3 amide bonds. The van der Waals surface area contributed by atoms with Gasteiger partial charge in [0.15, 0.2) is 0 Å². The average Bonchev–Trinajstić information content (AvgIpc) is 2.88. The molecule has 2 aliphatic heterocycles. The molecule has 2 aromatic rings. The molecule has 1 unspecified atom stereocenters. The Hall–Kier alpha value is -3.00. The number of nitrogens with zero attached hydrogens (tertiary/aromatic N) is 3. The standard InChI is InChI=1S/C20H18N4O3S/c1-11-16(22-23-19(27)28-11)12-6-7-15-14(9-12)20(2,3)18(26)24(15)17(25)13-5-4-8-21-10-13/h4-11H,1-3H3,(H,23,27). The van der Waals surface area contributed by atoms with Crippen LogP contribution in [0.5, 0.6) is 0 Å². The second-order valence-electron chi connectivity index (χ2n) is 7.20. The number of amides is 3. The molecule has 1 aromatic carbocycles. The molecular weight excluding hydrogens is 376 g/mol. The Labute approximate surface area is 166 Å². The van der Waals surface area contributed by atoms with Gasteiger partial charge in [0, 0.05) is 12.4 Å². The summed E-state index contributed by atoms with van der Waals surface area (Å²) >= 11 is 1.16. The molecule has 0 saturated carbocycles. The molecule has 4 rings (SSSR count). The minimum atomic E-state index is -0.863. The summed E-state index contributed by atoms with van der Waals surface area (Å²) < 4.78 is 0. The molecule has 2 aliphatic rings. The van der Waals surface area contributed by atoms with Crippen molar-refractivity contribution in [3.05, 3.63) is 59.4 Å². The number of aromatic nitrogens is 1. The Morgan fingerprint density at radius 1 is 1.25 bits per heavy atom. The summed E-state index contributed by atoms with van der Waals surface area (Å²) in [5, 5.41) is 3.87. The summed E-state index contributed by atoms with van der Waals surface area (Å²) in [6.45, 7) is 5.51. The van der Waals surface area contributed by atoms with Gasteiger partial charge in [0.1, 0.15) is 0 Å². The van der Waals surface area contributed by atoms with Gasteiger partial charge in [-0.05, 0) is 56.2 Å². The Morgan fingerprint density at radius 2 is 2.04 bits per heavy atom.